The standard InChI is InChI=1S/C16H15N5OS/c1-12(18-22)15(13-8-4-2-5-9-13)23-16-17-19-20-21(16)14-10-6-3-7-11-14/h2-11,15,22H,1H3/b18-12+. The van der Waals surface area contributed by atoms with Gasteiger partial charge in [0.05, 0.1) is 16.6 Å². The summed E-state index contributed by atoms with van der Waals surface area (Å²) in [5, 5.41) is 24.9. The highest BCUT2D eigenvalue weighted by molar-refractivity contribution is 8.00. The first kappa shape index (κ1) is 15.2. The first-order chi connectivity index (χ1) is 11.3. The molecular weight excluding hydrogens is 310 g/mol. The molecule has 0 aliphatic heterocycles. The topological polar surface area (TPSA) is 76.2 Å². The molecular formula is C16H15N5OS. The summed E-state index contributed by atoms with van der Waals surface area (Å²) in [4.78, 5) is 0. The van der Waals surface area contributed by atoms with E-state index in [9.17, 15) is 5.21 Å². The fourth-order valence-electron chi connectivity index (χ4n) is 2.16. The predicted molar refractivity (Wildman–Crippen MR) is 89.1 cm³/mol. The summed E-state index contributed by atoms with van der Waals surface area (Å²) in [6, 6.07) is 19.5. The molecule has 0 aliphatic carbocycles. The Balaban J connectivity index is 1.95. The summed E-state index contributed by atoms with van der Waals surface area (Å²) in [7, 11) is 0. The molecule has 116 valence electrons. The van der Waals surface area contributed by atoms with Crippen molar-refractivity contribution in [3.05, 3.63) is 66.2 Å². The minimum absolute atomic E-state index is 0.172. The van der Waals surface area contributed by atoms with E-state index < -0.39 is 0 Å². The summed E-state index contributed by atoms with van der Waals surface area (Å²) in [5.41, 5.74) is 2.49. The van der Waals surface area contributed by atoms with Gasteiger partial charge in [-0.25, -0.2) is 0 Å². The van der Waals surface area contributed by atoms with E-state index in [2.05, 4.69) is 20.7 Å². The van der Waals surface area contributed by atoms with Crippen LogP contribution in [-0.2, 0) is 0 Å². The zero-order valence-electron chi connectivity index (χ0n) is 12.4. The largest absolute Gasteiger partial charge is 0.411 e. The lowest BCUT2D eigenvalue weighted by Crippen LogP contribution is -2.08. The fourth-order valence-corrected chi connectivity index (χ4v) is 3.21. The van der Waals surface area contributed by atoms with Crippen molar-refractivity contribution in [2.75, 3.05) is 0 Å². The number of nitrogens with zero attached hydrogens (tertiary/aromatic N) is 5. The van der Waals surface area contributed by atoms with Gasteiger partial charge in [0.2, 0.25) is 5.16 Å². The van der Waals surface area contributed by atoms with Crippen LogP contribution in [0.5, 0.6) is 0 Å². The summed E-state index contributed by atoms with van der Waals surface area (Å²) >= 11 is 1.44. The van der Waals surface area contributed by atoms with Crippen LogP contribution in [0.1, 0.15) is 17.7 Å². The smallest absolute Gasteiger partial charge is 0.215 e. The number of benzene rings is 2. The molecule has 1 aromatic heterocycles. The lowest BCUT2D eigenvalue weighted by Gasteiger charge is -2.15. The molecule has 7 heteroatoms. The first-order valence-electron chi connectivity index (χ1n) is 7.03. The molecule has 1 N–H and O–H groups in total. The quantitative estimate of drug-likeness (QED) is 0.337. The van der Waals surface area contributed by atoms with E-state index in [1.54, 1.807) is 11.6 Å². The first-order valence-corrected chi connectivity index (χ1v) is 7.91. The second kappa shape index (κ2) is 7.06. The van der Waals surface area contributed by atoms with Crippen LogP contribution in [-0.4, -0.2) is 31.1 Å². The predicted octanol–water partition coefficient (Wildman–Crippen LogP) is 3.35. The summed E-state index contributed by atoms with van der Waals surface area (Å²) < 4.78 is 1.67. The maximum atomic E-state index is 9.20. The van der Waals surface area contributed by atoms with E-state index in [0.717, 1.165) is 11.3 Å². The van der Waals surface area contributed by atoms with E-state index in [1.807, 2.05) is 60.7 Å². The van der Waals surface area contributed by atoms with Gasteiger partial charge in [-0.05, 0) is 35.0 Å². The number of hydrogen-bond acceptors (Lipinski definition) is 6. The summed E-state index contributed by atoms with van der Waals surface area (Å²) in [5.74, 6) is 0. The summed E-state index contributed by atoms with van der Waals surface area (Å²) in [6.07, 6.45) is 0. The molecule has 2 aromatic carbocycles. The Bertz CT molecular complexity index is 788. The van der Waals surface area contributed by atoms with Gasteiger partial charge in [0.1, 0.15) is 0 Å². The third-order valence-electron chi connectivity index (χ3n) is 3.30. The number of para-hydroxylation sites is 1. The van der Waals surface area contributed by atoms with Gasteiger partial charge in [0, 0.05) is 0 Å². The molecule has 23 heavy (non-hydrogen) atoms. The van der Waals surface area contributed by atoms with E-state index in [-0.39, 0.29) is 5.25 Å². The molecule has 0 fully saturated rings. The van der Waals surface area contributed by atoms with E-state index in [0.29, 0.717) is 10.9 Å². The number of oxime groups is 1. The highest BCUT2D eigenvalue weighted by Gasteiger charge is 2.21. The molecule has 1 unspecified atom stereocenters. The lowest BCUT2D eigenvalue weighted by atomic mass is 10.1. The van der Waals surface area contributed by atoms with Gasteiger partial charge in [-0.1, -0.05) is 65.4 Å². The molecule has 0 saturated heterocycles. The summed E-state index contributed by atoms with van der Waals surface area (Å²) in [6.45, 7) is 1.78. The van der Waals surface area contributed by atoms with E-state index in [4.69, 9.17) is 0 Å². The molecule has 0 saturated carbocycles. The van der Waals surface area contributed by atoms with Crippen LogP contribution in [0.15, 0.2) is 71.0 Å². The Hall–Kier alpha value is -2.67. The zero-order valence-corrected chi connectivity index (χ0v) is 13.3. The third kappa shape index (κ3) is 3.40. The van der Waals surface area contributed by atoms with Crippen LogP contribution < -0.4 is 0 Å². The Kier molecular flexibility index (Phi) is 4.68. The van der Waals surface area contributed by atoms with Crippen molar-refractivity contribution in [1.82, 2.24) is 20.2 Å². The van der Waals surface area contributed by atoms with Crippen molar-refractivity contribution in [2.45, 2.75) is 17.3 Å². The molecule has 0 spiro atoms. The van der Waals surface area contributed by atoms with Crippen molar-refractivity contribution in [3.63, 3.8) is 0 Å². The highest BCUT2D eigenvalue weighted by Crippen LogP contribution is 2.35. The van der Waals surface area contributed by atoms with Crippen molar-refractivity contribution < 1.29 is 5.21 Å². The highest BCUT2D eigenvalue weighted by atomic mass is 32.2. The monoisotopic (exact) mass is 325 g/mol. The Labute approximate surface area is 137 Å². The number of rotatable bonds is 5. The Morgan fingerprint density at radius 1 is 1.09 bits per heavy atom. The molecule has 3 aromatic rings. The Morgan fingerprint density at radius 2 is 1.74 bits per heavy atom. The maximum Gasteiger partial charge on any atom is 0.215 e. The van der Waals surface area contributed by atoms with Crippen LogP contribution in [0.2, 0.25) is 0 Å². The maximum absolute atomic E-state index is 9.20. The lowest BCUT2D eigenvalue weighted by molar-refractivity contribution is 0.317. The molecule has 0 radical (unpaired) electrons. The minimum Gasteiger partial charge on any atom is -0.411 e. The van der Waals surface area contributed by atoms with Gasteiger partial charge in [-0.2, -0.15) is 4.68 Å². The molecule has 0 amide bonds. The van der Waals surface area contributed by atoms with Crippen molar-refractivity contribution in [2.24, 2.45) is 5.16 Å². The van der Waals surface area contributed by atoms with Crippen LogP contribution >= 0.6 is 11.8 Å². The van der Waals surface area contributed by atoms with Crippen LogP contribution in [0.3, 0.4) is 0 Å². The SMILES string of the molecule is C/C(=N\O)C(Sc1nnnn1-c1ccccc1)c1ccccc1. The van der Waals surface area contributed by atoms with E-state index in [1.165, 1.54) is 11.8 Å². The van der Waals surface area contributed by atoms with Crippen molar-refractivity contribution in [1.29, 1.82) is 0 Å². The van der Waals surface area contributed by atoms with Crippen LogP contribution in [0, 0.1) is 0 Å². The van der Waals surface area contributed by atoms with Crippen LogP contribution in [0.4, 0.5) is 0 Å². The molecule has 0 bridgehead atoms. The van der Waals surface area contributed by atoms with Crippen molar-refractivity contribution >= 4 is 17.5 Å². The van der Waals surface area contributed by atoms with E-state index >= 15 is 0 Å². The fraction of sp³-hybridized carbons (Fsp3) is 0.125. The molecule has 6 nitrogen and oxygen atoms in total. The second-order valence-corrected chi connectivity index (χ2v) is 5.93. The molecule has 1 heterocycles. The average molecular weight is 325 g/mol. The normalized spacial score (nSPS) is 13.0. The van der Waals surface area contributed by atoms with Gasteiger partial charge in [-0.15, -0.1) is 5.10 Å². The van der Waals surface area contributed by atoms with Gasteiger partial charge >= 0.3 is 0 Å². The zero-order chi connectivity index (χ0) is 16.1. The molecule has 1 atom stereocenters. The number of tetrazole rings is 1. The minimum atomic E-state index is -0.172. The molecule has 3 rings (SSSR count). The second-order valence-electron chi connectivity index (χ2n) is 4.86. The van der Waals surface area contributed by atoms with Gasteiger partial charge in [0.25, 0.3) is 0 Å². The van der Waals surface area contributed by atoms with Gasteiger partial charge in [0.15, 0.2) is 0 Å². The van der Waals surface area contributed by atoms with Gasteiger partial charge in [-0.3, -0.25) is 0 Å². The number of thioether (sulfide) groups is 1. The number of hydrogen-bond donors (Lipinski definition) is 1. The molecule has 0 aliphatic rings. The average Bonchev–Trinajstić information content (AvgIpc) is 3.09. The number of aromatic nitrogens is 4. The van der Waals surface area contributed by atoms with Crippen molar-refractivity contribution in [3.8, 4) is 5.69 Å². The third-order valence-corrected chi connectivity index (χ3v) is 4.62. The Morgan fingerprint density at radius 3 is 2.39 bits per heavy atom. The van der Waals surface area contributed by atoms with Gasteiger partial charge < -0.3 is 5.21 Å². The van der Waals surface area contributed by atoms with Crippen LogP contribution in [0.25, 0.3) is 5.69 Å².